The van der Waals surface area contributed by atoms with E-state index in [4.69, 9.17) is 4.74 Å². The van der Waals surface area contributed by atoms with Crippen molar-refractivity contribution in [1.29, 1.82) is 0 Å². The molecule has 0 radical (unpaired) electrons. The van der Waals surface area contributed by atoms with Crippen LogP contribution in [0.2, 0.25) is 0 Å². The molecule has 0 spiro atoms. The van der Waals surface area contributed by atoms with Gasteiger partial charge in [-0.25, -0.2) is 0 Å². The van der Waals surface area contributed by atoms with Crippen molar-refractivity contribution in [3.8, 4) is 0 Å². The molecule has 18 heavy (non-hydrogen) atoms. The summed E-state index contributed by atoms with van der Waals surface area (Å²) in [6.45, 7) is 7.73. The molecule has 0 amide bonds. The van der Waals surface area contributed by atoms with E-state index < -0.39 is 0 Å². The monoisotopic (exact) mass is 255 g/mol. The Morgan fingerprint density at radius 1 is 1.17 bits per heavy atom. The number of hydrogen-bond acceptors (Lipinski definition) is 2. The molecule has 0 saturated heterocycles. The first-order valence-corrected chi connectivity index (χ1v) is 8.01. The zero-order chi connectivity index (χ0) is 13.2. The van der Waals surface area contributed by atoms with E-state index in [0.717, 1.165) is 30.9 Å². The molecule has 1 atom stereocenters. The van der Waals surface area contributed by atoms with Crippen LogP contribution in [-0.2, 0) is 4.74 Å². The van der Waals surface area contributed by atoms with Crippen molar-refractivity contribution in [2.45, 2.75) is 58.8 Å². The van der Waals surface area contributed by atoms with Crippen molar-refractivity contribution >= 4 is 0 Å². The largest absolute Gasteiger partial charge is 0.383 e. The third-order valence-corrected chi connectivity index (χ3v) is 4.75. The molecule has 1 N–H and O–H groups in total. The highest BCUT2D eigenvalue weighted by Gasteiger charge is 2.26. The molecule has 2 nitrogen and oxygen atoms in total. The minimum atomic E-state index is 0.836. The summed E-state index contributed by atoms with van der Waals surface area (Å²) in [4.78, 5) is 0. The summed E-state index contributed by atoms with van der Waals surface area (Å²) in [5.74, 6) is 2.81. The highest BCUT2D eigenvalue weighted by molar-refractivity contribution is 4.79. The summed E-state index contributed by atoms with van der Waals surface area (Å²) in [6, 6.07) is 0. The lowest BCUT2D eigenvalue weighted by atomic mass is 9.81. The normalized spacial score (nSPS) is 18.7. The Morgan fingerprint density at radius 3 is 2.39 bits per heavy atom. The Kier molecular flexibility index (Phi) is 8.70. The zero-order valence-corrected chi connectivity index (χ0v) is 12.7. The molecular weight excluding hydrogens is 222 g/mol. The number of nitrogens with one attached hydrogen (secondary N) is 1. The first-order valence-electron chi connectivity index (χ1n) is 8.01. The molecule has 1 aliphatic rings. The van der Waals surface area contributed by atoms with Crippen LogP contribution in [0, 0.1) is 17.8 Å². The van der Waals surface area contributed by atoms with Crippen molar-refractivity contribution in [3.63, 3.8) is 0 Å². The van der Waals surface area contributed by atoms with Crippen LogP contribution in [0.1, 0.15) is 58.8 Å². The van der Waals surface area contributed by atoms with Gasteiger partial charge in [0.25, 0.3) is 0 Å². The van der Waals surface area contributed by atoms with Crippen LogP contribution in [0.15, 0.2) is 0 Å². The van der Waals surface area contributed by atoms with Crippen molar-refractivity contribution in [2.75, 3.05) is 26.8 Å². The topological polar surface area (TPSA) is 21.3 Å². The molecule has 0 aromatic rings. The standard InChI is InChI=1S/C16H33NO/c1-4-14(5-2)12-16(13-17-10-11-18-3)15-8-6-7-9-15/h14-17H,4-13H2,1-3H3. The summed E-state index contributed by atoms with van der Waals surface area (Å²) in [6.07, 6.45) is 9.98. The summed E-state index contributed by atoms with van der Waals surface area (Å²) in [7, 11) is 1.78. The SMILES string of the molecule is CCC(CC)CC(CNCCOC)C1CCCC1. The van der Waals surface area contributed by atoms with E-state index in [1.54, 1.807) is 7.11 Å². The Bertz CT molecular complexity index is 186. The summed E-state index contributed by atoms with van der Waals surface area (Å²) >= 11 is 0. The Labute approximate surface area is 114 Å². The number of ether oxygens (including phenoxy) is 1. The van der Waals surface area contributed by atoms with E-state index >= 15 is 0 Å². The lowest BCUT2D eigenvalue weighted by Gasteiger charge is -2.27. The quantitative estimate of drug-likeness (QED) is 0.599. The molecule has 0 heterocycles. The van der Waals surface area contributed by atoms with Crippen LogP contribution in [-0.4, -0.2) is 26.8 Å². The minimum Gasteiger partial charge on any atom is -0.383 e. The van der Waals surface area contributed by atoms with E-state index in [1.807, 2.05) is 0 Å². The van der Waals surface area contributed by atoms with Crippen molar-refractivity contribution in [2.24, 2.45) is 17.8 Å². The van der Waals surface area contributed by atoms with Gasteiger partial charge in [0.15, 0.2) is 0 Å². The minimum absolute atomic E-state index is 0.836. The fraction of sp³-hybridized carbons (Fsp3) is 1.00. The van der Waals surface area contributed by atoms with Gasteiger partial charge in [0.05, 0.1) is 6.61 Å². The van der Waals surface area contributed by atoms with Gasteiger partial charge < -0.3 is 10.1 Å². The maximum atomic E-state index is 5.11. The van der Waals surface area contributed by atoms with Gasteiger partial charge in [0.2, 0.25) is 0 Å². The smallest absolute Gasteiger partial charge is 0.0587 e. The van der Waals surface area contributed by atoms with E-state index in [2.05, 4.69) is 19.2 Å². The lowest BCUT2D eigenvalue weighted by Crippen LogP contribution is -2.31. The molecule has 0 aromatic heterocycles. The Hall–Kier alpha value is -0.0800. The predicted molar refractivity (Wildman–Crippen MR) is 78.9 cm³/mol. The third-order valence-electron chi connectivity index (χ3n) is 4.75. The lowest BCUT2D eigenvalue weighted by molar-refractivity contribution is 0.191. The Morgan fingerprint density at radius 2 is 1.83 bits per heavy atom. The molecule has 0 aliphatic heterocycles. The van der Waals surface area contributed by atoms with Crippen LogP contribution in [0.5, 0.6) is 0 Å². The molecule has 108 valence electrons. The number of methoxy groups -OCH3 is 1. The second-order valence-electron chi connectivity index (χ2n) is 5.92. The van der Waals surface area contributed by atoms with E-state index in [0.29, 0.717) is 0 Å². The fourth-order valence-electron chi connectivity index (χ4n) is 3.38. The van der Waals surface area contributed by atoms with Gasteiger partial charge in [-0.2, -0.15) is 0 Å². The van der Waals surface area contributed by atoms with Gasteiger partial charge in [0, 0.05) is 13.7 Å². The molecule has 0 bridgehead atoms. The van der Waals surface area contributed by atoms with E-state index in [1.165, 1.54) is 51.5 Å². The van der Waals surface area contributed by atoms with Crippen LogP contribution in [0.4, 0.5) is 0 Å². The maximum Gasteiger partial charge on any atom is 0.0587 e. The van der Waals surface area contributed by atoms with Gasteiger partial charge in [-0.05, 0) is 30.7 Å². The van der Waals surface area contributed by atoms with Gasteiger partial charge >= 0.3 is 0 Å². The molecule has 2 heteroatoms. The molecule has 1 fully saturated rings. The second-order valence-corrected chi connectivity index (χ2v) is 5.92. The molecule has 1 unspecified atom stereocenters. The number of hydrogen-bond donors (Lipinski definition) is 1. The molecule has 0 aromatic carbocycles. The highest BCUT2D eigenvalue weighted by Crippen LogP contribution is 2.35. The van der Waals surface area contributed by atoms with Crippen molar-refractivity contribution in [3.05, 3.63) is 0 Å². The first kappa shape index (κ1) is 16.0. The molecule has 1 rings (SSSR count). The van der Waals surface area contributed by atoms with E-state index in [-0.39, 0.29) is 0 Å². The van der Waals surface area contributed by atoms with Crippen LogP contribution < -0.4 is 5.32 Å². The summed E-state index contributed by atoms with van der Waals surface area (Å²) < 4.78 is 5.11. The van der Waals surface area contributed by atoms with Gasteiger partial charge in [-0.1, -0.05) is 52.4 Å². The average molecular weight is 255 g/mol. The second kappa shape index (κ2) is 9.80. The number of rotatable bonds is 10. The van der Waals surface area contributed by atoms with Crippen molar-refractivity contribution < 1.29 is 4.74 Å². The predicted octanol–water partition coefficient (Wildman–Crippen LogP) is 3.86. The average Bonchev–Trinajstić information content (AvgIpc) is 2.92. The molecule has 1 saturated carbocycles. The Balaban J connectivity index is 2.35. The van der Waals surface area contributed by atoms with Crippen LogP contribution >= 0.6 is 0 Å². The summed E-state index contributed by atoms with van der Waals surface area (Å²) in [5.41, 5.74) is 0. The molecule has 1 aliphatic carbocycles. The first-order chi connectivity index (χ1) is 8.81. The third kappa shape index (κ3) is 5.71. The zero-order valence-electron chi connectivity index (χ0n) is 12.7. The fourth-order valence-corrected chi connectivity index (χ4v) is 3.38. The van der Waals surface area contributed by atoms with Gasteiger partial charge in [0.1, 0.15) is 0 Å². The van der Waals surface area contributed by atoms with Gasteiger partial charge in [-0.3, -0.25) is 0 Å². The van der Waals surface area contributed by atoms with E-state index in [9.17, 15) is 0 Å². The summed E-state index contributed by atoms with van der Waals surface area (Å²) in [5, 5.41) is 3.59. The van der Waals surface area contributed by atoms with Crippen LogP contribution in [0.3, 0.4) is 0 Å². The molecular formula is C16H33NO. The van der Waals surface area contributed by atoms with Crippen molar-refractivity contribution in [1.82, 2.24) is 5.32 Å². The van der Waals surface area contributed by atoms with Crippen LogP contribution in [0.25, 0.3) is 0 Å². The highest BCUT2D eigenvalue weighted by atomic mass is 16.5. The maximum absolute atomic E-state index is 5.11. The van der Waals surface area contributed by atoms with Gasteiger partial charge in [-0.15, -0.1) is 0 Å².